The fourth-order valence-electron chi connectivity index (χ4n) is 10.9. The van der Waals surface area contributed by atoms with E-state index in [9.17, 15) is 28.8 Å². The lowest BCUT2D eigenvalue weighted by Gasteiger charge is -2.36. The van der Waals surface area contributed by atoms with Crippen molar-refractivity contribution in [3.63, 3.8) is 0 Å². The Balaban J connectivity index is 1.13. The van der Waals surface area contributed by atoms with Crippen molar-refractivity contribution in [2.24, 2.45) is 29.6 Å². The highest BCUT2D eigenvalue weighted by Crippen LogP contribution is 2.39. The molecular formula is C49H83N3O11. The summed E-state index contributed by atoms with van der Waals surface area (Å²) in [5.41, 5.74) is 0. The third kappa shape index (κ3) is 19.1. The van der Waals surface area contributed by atoms with Crippen LogP contribution >= 0.6 is 0 Å². The lowest BCUT2D eigenvalue weighted by atomic mass is 9.73. The molecule has 3 atom stereocenters. The smallest absolute Gasteiger partial charge is 0.323 e. The molecule has 0 bridgehead atoms. The highest BCUT2D eigenvalue weighted by molar-refractivity contribution is 5.87. The fraction of sp³-hybridized carbons (Fsp3) is 0.878. The van der Waals surface area contributed by atoms with Gasteiger partial charge in [0.05, 0.1) is 45.9 Å². The van der Waals surface area contributed by atoms with Crippen LogP contribution in [0.15, 0.2) is 0 Å². The molecule has 0 spiro atoms. The second-order valence-electron chi connectivity index (χ2n) is 18.9. The molecule has 4 fully saturated rings. The minimum absolute atomic E-state index is 0.0188. The van der Waals surface area contributed by atoms with Crippen molar-refractivity contribution < 1.29 is 52.5 Å². The minimum Gasteiger partial charge on any atom is -0.466 e. The van der Waals surface area contributed by atoms with Gasteiger partial charge in [-0.05, 0) is 167 Å². The van der Waals surface area contributed by atoms with E-state index >= 15 is 0 Å². The van der Waals surface area contributed by atoms with Gasteiger partial charge in [-0.25, -0.2) is 0 Å². The maximum Gasteiger partial charge on any atom is 0.323 e. The van der Waals surface area contributed by atoms with Gasteiger partial charge < -0.3 is 39.6 Å². The van der Waals surface area contributed by atoms with E-state index in [0.717, 1.165) is 103 Å². The number of esters is 5. The molecule has 360 valence electrons. The van der Waals surface area contributed by atoms with Gasteiger partial charge in [-0.3, -0.25) is 28.8 Å². The molecule has 0 aliphatic heterocycles. The number of carbonyl (C=O) groups excluding carboxylic acids is 6. The largest absolute Gasteiger partial charge is 0.466 e. The molecule has 4 saturated carbocycles. The molecule has 0 saturated heterocycles. The topological polar surface area (TPSA) is 185 Å². The second kappa shape index (κ2) is 28.7. The average Bonchev–Trinajstić information content (AvgIpc) is 3.26. The Bertz CT molecular complexity index is 1400. The molecule has 14 nitrogen and oxygen atoms in total. The maximum absolute atomic E-state index is 13.5. The van der Waals surface area contributed by atoms with Gasteiger partial charge in [0.15, 0.2) is 0 Å². The van der Waals surface area contributed by atoms with Crippen molar-refractivity contribution in [3.8, 4) is 0 Å². The zero-order valence-electron chi connectivity index (χ0n) is 39.4. The molecule has 4 aliphatic rings. The Labute approximate surface area is 377 Å². The van der Waals surface area contributed by atoms with Crippen LogP contribution in [0.5, 0.6) is 0 Å². The summed E-state index contributed by atoms with van der Waals surface area (Å²) in [7, 11) is 0. The number of ether oxygens (including phenoxy) is 5. The summed E-state index contributed by atoms with van der Waals surface area (Å²) in [4.78, 5) is 76.0. The molecule has 4 aliphatic carbocycles. The van der Waals surface area contributed by atoms with Crippen LogP contribution in [0.4, 0.5) is 0 Å². The lowest BCUT2D eigenvalue weighted by Crippen LogP contribution is -2.47. The van der Waals surface area contributed by atoms with Gasteiger partial charge in [-0.2, -0.15) is 0 Å². The van der Waals surface area contributed by atoms with Crippen LogP contribution in [0.3, 0.4) is 0 Å². The summed E-state index contributed by atoms with van der Waals surface area (Å²) in [6.45, 7) is 10.2. The van der Waals surface area contributed by atoms with Crippen molar-refractivity contribution in [2.45, 2.75) is 212 Å². The predicted molar refractivity (Wildman–Crippen MR) is 239 cm³/mol. The number of nitrogens with one attached hydrogen (secondary N) is 3. The van der Waals surface area contributed by atoms with Crippen molar-refractivity contribution in [1.82, 2.24) is 16.0 Å². The Hall–Kier alpha value is -3.10. The first-order valence-corrected chi connectivity index (χ1v) is 25.0. The Kier molecular flexibility index (Phi) is 24.0. The third-order valence-electron chi connectivity index (χ3n) is 14.2. The summed E-state index contributed by atoms with van der Waals surface area (Å²) < 4.78 is 26.1. The second-order valence-corrected chi connectivity index (χ2v) is 18.9. The van der Waals surface area contributed by atoms with Gasteiger partial charge in [0.25, 0.3) is 0 Å². The molecule has 63 heavy (non-hydrogen) atoms. The molecule has 0 heterocycles. The van der Waals surface area contributed by atoms with Crippen molar-refractivity contribution in [3.05, 3.63) is 0 Å². The highest BCUT2D eigenvalue weighted by Gasteiger charge is 2.35. The number of ketones is 1. The number of rotatable bonds is 26. The van der Waals surface area contributed by atoms with Crippen LogP contribution in [0.2, 0.25) is 0 Å². The normalized spacial score (nSPS) is 27.8. The van der Waals surface area contributed by atoms with Gasteiger partial charge >= 0.3 is 29.8 Å². The molecule has 0 radical (unpaired) electrons. The molecule has 3 N–H and O–H groups in total. The van der Waals surface area contributed by atoms with Gasteiger partial charge in [0, 0.05) is 31.0 Å². The average molecular weight is 890 g/mol. The molecule has 14 heteroatoms. The van der Waals surface area contributed by atoms with Crippen molar-refractivity contribution >= 4 is 35.6 Å². The molecule has 4 rings (SSSR count). The number of hydrogen-bond donors (Lipinski definition) is 3. The fourth-order valence-corrected chi connectivity index (χ4v) is 10.9. The monoisotopic (exact) mass is 890 g/mol. The van der Waals surface area contributed by atoms with Crippen LogP contribution in [0.1, 0.15) is 176 Å². The zero-order chi connectivity index (χ0) is 45.6. The van der Waals surface area contributed by atoms with E-state index in [2.05, 4.69) is 16.0 Å². The van der Waals surface area contributed by atoms with Crippen molar-refractivity contribution in [2.75, 3.05) is 33.0 Å². The Morgan fingerprint density at radius 2 is 0.651 bits per heavy atom. The molecular weight excluding hydrogens is 807 g/mol. The number of hydrogen-bond acceptors (Lipinski definition) is 14. The molecule has 0 aromatic heterocycles. The summed E-state index contributed by atoms with van der Waals surface area (Å²) in [6.07, 6.45) is 19.8. The summed E-state index contributed by atoms with van der Waals surface area (Å²) >= 11 is 0. The number of Topliss-reactive ketones (excluding diaryl/α,β-unsaturated/α-hetero) is 1. The van der Waals surface area contributed by atoms with E-state index in [-0.39, 0.29) is 82.2 Å². The van der Waals surface area contributed by atoms with E-state index in [0.29, 0.717) is 36.0 Å². The van der Waals surface area contributed by atoms with Gasteiger partial charge in [0.2, 0.25) is 0 Å². The van der Waals surface area contributed by atoms with E-state index in [1.165, 1.54) is 12.8 Å². The minimum atomic E-state index is -0.686. The molecule has 0 amide bonds. The SMILES string of the molecule is CCOC(=O)CC(NC1CCC(CC2CCC(CC(=O)CC(NC3CCC(CC4CCC(NC(CC(=O)OCC)C(=O)OCC)CC4)CC3)C(=O)OCC)CC2)CC1)C(=O)OCC. The van der Waals surface area contributed by atoms with E-state index in [1.54, 1.807) is 27.7 Å². The van der Waals surface area contributed by atoms with E-state index in [4.69, 9.17) is 23.7 Å². The first kappa shape index (κ1) is 52.5. The van der Waals surface area contributed by atoms with Crippen LogP contribution in [-0.4, -0.2) is 105 Å². The number of carbonyl (C=O) groups is 6. The lowest BCUT2D eigenvalue weighted by molar-refractivity contribution is -0.152. The quantitative estimate of drug-likeness (QED) is 0.0592. The van der Waals surface area contributed by atoms with Gasteiger partial charge in [-0.1, -0.05) is 12.8 Å². The highest BCUT2D eigenvalue weighted by atomic mass is 16.6. The van der Waals surface area contributed by atoms with Gasteiger partial charge in [-0.15, -0.1) is 0 Å². The summed E-state index contributed by atoms with van der Waals surface area (Å²) in [6, 6.07) is -1.45. The maximum atomic E-state index is 13.5. The van der Waals surface area contributed by atoms with Crippen LogP contribution in [-0.2, 0) is 52.5 Å². The van der Waals surface area contributed by atoms with E-state index in [1.807, 2.05) is 6.92 Å². The van der Waals surface area contributed by atoms with Crippen molar-refractivity contribution in [1.29, 1.82) is 0 Å². The molecule has 0 aromatic carbocycles. The van der Waals surface area contributed by atoms with Crippen LogP contribution < -0.4 is 16.0 Å². The third-order valence-corrected chi connectivity index (χ3v) is 14.2. The standard InChI is InChI=1S/C49H83N3O11/c1-6-59-45(54)31-43(48(57)62-9-4)51-39-23-17-34(18-24-39)27-33-11-13-37(14-12-33)29-41(53)30-42(47(56)61-8-3)50-38-21-15-35(16-22-38)28-36-19-25-40(26-20-36)52-44(49(58)63-10-5)32-46(55)60-7-2/h33-40,42-44,50-52H,6-32H2,1-5H3. The zero-order valence-corrected chi connectivity index (χ0v) is 39.4. The molecule has 0 aromatic rings. The first-order valence-electron chi connectivity index (χ1n) is 25.0. The summed E-state index contributed by atoms with van der Waals surface area (Å²) in [5.74, 6) is 1.18. The Morgan fingerprint density at radius 3 is 0.952 bits per heavy atom. The summed E-state index contributed by atoms with van der Waals surface area (Å²) in [5, 5.41) is 10.4. The van der Waals surface area contributed by atoms with Gasteiger partial charge in [0.1, 0.15) is 23.9 Å². The predicted octanol–water partition coefficient (Wildman–Crippen LogP) is 7.07. The van der Waals surface area contributed by atoms with Crippen LogP contribution in [0.25, 0.3) is 0 Å². The first-order chi connectivity index (χ1) is 30.4. The van der Waals surface area contributed by atoms with Crippen LogP contribution in [0, 0.1) is 29.6 Å². The Morgan fingerprint density at radius 1 is 0.381 bits per heavy atom. The van der Waals surface area contributed by atoms with E-state index < -0.39 is 42.0 Å². The molecule has 3 unspecified atom stereocenters.